The molecule has 2 heterocycles. The predicted octanol–water partition coefficient (Wildman–Crippen LogP) is 3.41. The average Bonchev–Trinajstić information content (AvgIpc) is 2.91. The highest BCUT2D eigenvalue weighted by Gasteiger charge is 2.23. The Hall–Kier alpha value is -3.43. The van der Waals surface area contributed by atoms with Gasteiger partial charge in [0.2, 0.25) is 11.8 Å². The molecule has 9 nitrogen and oxygen atoms in total. The molecule has 37 heavy (non-hydrogen) atoms. The van der Waals surface area contributed by atoms with Gasteiger partial charge in [0.1, 0.15) is 0 Å². The predicted molar refractivity (Wildman–Crippen MR) is 142 cm³/mol. The normalized spacial score (nSPS) is 16.9. The standard InChI is InChI=1S/C28H36N4O5/c1-3-16-37-26-17-21(6-10-25(26)36-2)24-9-11-28(35)32(30-24)18-20-4-7-22(8-5-20)29-27(34)19-31-14-12-23(33)13-15-31/h4-8,10,17,23,33H,3,9,11-16,18-19H2,1-2H3,(H,29,34). The van der Waals surface area contributed by atoms with Crippen LogP contribution in [0.3, 0.4) is 0 Å². The first kappa shape index (κ1) is 26.6. The molecule has 0 saturated carbocycles. The molecular formula is C28H36N4O5. The number of carbonyl (C=O) groups is 2. The number of nitrogens with one attached hydrogen (secondary N) is 1. The number of carbonyl (C=O) groups excluding carboxylic acids is 2. The van der Waals surface area contributed by atoms with E-state index in [9.17, 15) is 14.7 Å². The third kappa shape index (κ3) is 7.30. The van der Waals surface area contributed by atoms with Gasteiger partial charge in [-0.15, -0.1) is 0 Å². The zero-order valence-electron chi connectivity index (χ0n) is 21.6. The highest BCUT2D eigenvalue weighted by atomic mass is 16.5. The minimum absolute atomic E-state index is 0.0243. The van der Waals surface area contributed by atoms with Crippen LogP contribution >= 0.6 is 0 Å². The van der Waals surface area contributed by atoms with Crippen molar-refractivity contribution < 1.29 is 24.2 Å². The van der Waals surface area contributed by atoms with Gasteiger partial charge in [-0.3, -0.25) is 14.5 Å². The number of amides is 2. The van der Waals surface area contributed by atoms with Crippen molar-refractivity contribution in [2.75, 3.05) is 38.7 Å². The van der Waals surface area contributed by atoms with E-state index in [1.54, 1.807) is 7.11 Å². The molecule has 0 bridgehead atoms. The number of methoxy groups -OCH3 is 1. The molecular weight excluding hydrogens is 472 g/mol. The Morgan fingerprint density at radius 1 is 1.11 bits per heavy atom. The lowest BCUT2D eigenvalue weighted by Crippen LogP contribution is -2.40. The molecule has 0 unspecified atom stereocenters. The van der Waals surface area contributed by atoms with E-state index in [0.29, 0.717) is 62.6 Å². The van der Waals surface area contributed by atoms with Crippen LogP contribution in [-0.2, 0) is 16.1 Å². The van der Waals surface area contributed by atoms with Gasteiger partial charge in [0.15, 0.2) is 11.5 Å². The topological polar surface area (TPSA) is 104 Å². The fourth-order valence-corrected chi connectivity index (χ4v) is 4.46. The van der Waals surface area contributed by atoms with E-state index in [4.69, 9.17) is 9.47 Å². The van der Waals surface area contributed by atoms with Crippen molar-refractivity contribution in [2.24, 2.45) is 5.10 Å². The molecule has 1 saturated heterocycles. The highest BCUT2D eigenvalue weighted by Crippen LogP contribution is 2.30. The molecule has 2 aromatic rings. The van der Waals surface area contributed by atoms with Crippen LogP contribution < -0.4 is 14.8 Å². The molecule has 198 valence electrons. The highest BCUT2D eigenvalue weighted by molar-refractivity contribution is 6.04. The van der Waals surface area contributed by atoms with Crippen LogP contribution in [0.4, 0.5) is 5.69 Å². The van der Waals surface area contributed by atoms with Crippen molar-refractivity contribution in [3.63, 3.8) is 0 Å². The van der Waals surface area contributed by atoms with E-state index in [2.05, 4.69) is 15.3 Å². The maximum absolute atomic E-state index is 12.6. The fraction of sp³-hybridized carbons (Fsp3) is 0.464. The zero-order valence-corrected chi connectivity index (χ0v) is 21.6. The molecule has 1 fully saturated rings. The molecule has 0 spiro atoms. The summed E-state index contributed by atoms with van der Waals surface area (Å²) in [5.41, 5.74) is 3.37. The number of aliphatic hydroxyl groups is 1. The van der Waals surface area contributed by atoms with E-state index in [0.717, 1.165) is 36.3 Å². The second-order valence-electron chi connectivity index (χ2n) is 9.46. The summed E-state index contributed by atoms with van der Waals surface area (Å²) in [6.45, 7) is 4.75. The van der Waals surface area contributed by atoms with Crippen molar-refractivity contribution in [2.45, 2.75) is 51.7 Å². The molecule has 2 N–H and O–H groups in total. The van der Waals surface area contributed by atoms with Crippen LogP contribution in [0.15, 0.2) is 47.6 Å². The Kier molecular flexibility index (Phi) is 9.14. The fourth-order valence-electron chi connectivity index (χ4n) is 4.46. The number of hydrazone groups is 1. The van der Waals surface area contributed by atoms with Gasteiger partial charge in [0.05, 0.1) is 38.6 Å². The minimum atomic E-state index is -0.257. The Bertz CT molecular complexity index is 1110. The third-order valence-electron chi connectivity index (χ3n) is 6.56. The largest absolute Gasteiger partial charge is 0.493 e. The second kappa shape index (κ2) is 12.7. The number of hydrogen-bond acceptors (Lipinski definition) is 7. The first-order valence-corrected chi connectivity index (χ1v) is 12.9. The first-order valence-electron chi connectivity index (χ1n) is 12.9. The van der Waals surface area contributed by atoms with Gasteiger partial charge >= 0.3 is 0 Å². The number of likely N-dealkylation sites (tertiary alicyclic amines) is 1. The Labute approximate surface area is 218 Å². The van der Waals surface area contributed by atoms with Gasteiger partial charge in [-0.1, -0.05) is 19.1 Å². The van der Waals surface area contributed by atoms with Crippen LogP contribution in [0.5, 0.6) is 11.5 Å². The molecule has 2 aromatic carbocycles. The molecule has 0 aliphatic carbocycles. The van der Waals surface area contributed by atoms with Gasteiger partial charge in [-0.25, -0.2) is 5.01 Å². The van der Waals surface area contributed by atoms with Gasteiger partial charge in [0, 0.05) is 37.2 Å². The van der Waals surface area contributed by atoms with Crippen molar-refractivity contribution in [3.8, 4) is 11.5 Å². The van der Waals surface area contributed by atoms with E-state index in [-0.39, 0.29) is 17.9 Å². The summed E-state index contributed by atoms with van der Waals surface area (Å²) in [6.07, 6.45) is 2.99. The van der Waals surface area contributed by atoms with Crippen molar-refractivity contribution >= 4 is 23.2 Å². The number of piperidine rings is 1. The average molecular weight is 509 g/mol. The SMILES string of the molecule is CCCOc1cc(C2=NN(Cc3ccc(NC(=O)CN4CCC(O)CC4)cc3)C(=O)CC2)ccc1OC. The summed E-state index contributed by atoms with van der Waals surface area (Å²) in [5.74, 6) is 1.24. The minimum Gasteiger partial charge on any atom is -0.493 e. The summed E-state index contributed by atoms with van der Waals surface area (Å²) in [4.78, 5) is 27.1. The lowest BCUT2D eigenvalue weighted by molar-refractivity contribution is -0.132. The van der Waals surface area contributed by atoms with E-state index >= 15 is 0 Å². The van der Waals surface area contributed by atoms with E-state index in [1.807, 2.05) is 49.4 Å². The van der Waals surface area contributed by atoms with E-state index in [1.165, 1.54) is 5.01 Å². The number of ether oxygens (including phenoxy) is 2. The van der Waals surface area contributed by atoms with E-state index < -0.39 is 0 Å². The summed E-state index contributed by atoms with van der Waals surface area (Å²) in [6, 6.07) is 13.2. The van der Waals surface area contributed by atoms with Crippen LogP contribution in [0.1, 0.15) is 50.2 Å². The third-order valence-corrected chi connectivity index (χ3v) is 6.56. The molecule has 0 radical (unpaired) electrons. The zero-order chi connectivity index (χ0) is 26.2. The van der Waals surface area contributed by atoms with Crippen LogP contribution in [-0.4, -0.2) is 72.0 Å². The molecule has 9 heteroatoms. The van der Waals surface area contributed by atoms with Gasteiger partial charge in [-0.05, 0) is 55.2 Å². The van der Waals surface area contributed by atoms with Crippen LogP contribution in [0.2, 0.25) is 0 Å². The molecule has 0 atom stereocenters. The lowest BCUT2D eigenvalue weighted by Gasteiger charge is -2.28. The maximum atomic E-state index is 12.6. The molecule has 0 aromatic heterocycles. The molecule has 2 aliphatic heterocycles. The smallest absolute Gasteiger partial charge is 0.243 e. The van der Waals surface area contributed by atoms with Crippen molar-refractivity contribution in [1.82, 2.24) is 9.91 Å². The van der Waals surface area contributed by atoms with Gasteiger partial charge < -0.3 is 19.9 Å². The summed E-state index contributed by atoms with van der Waals surface area (Å²) >= 11 is 0. The van der Waals surface area contributed by atoms with Crippen LogP contribution in [0, 0.1) is 0 Å². The summed E-state index contributed by atoms with van der Waals surface area (Å²) < 4.78 is 11.2. The molecule has 4 rings (SSSR count). The second-order valence-corrected chi connectivity index (χ2v) is 9.46. The number of anilines is 1. The lowest BCUT2D eigenvalue weighted by atomic mass is 10.0. The van der Waals surface area contributed by atoms with Crippen LogP contribution in [0.25, 0.3) is 0 Å². The van der Waals surface area contributed by atoms with Gasteiger partial charge in [-0.2, -0.15) is 5.10 Å². The Morgan fingerprint density at radius 2 is 1.86 bits per heavy atom. The monoisotopic (exact) mass is 508 g/mol. The quantitative estimate of drug-likeness (QED) is 0.510. The molecule has 2 amide bonds. The Morgan fingerprint density at radius 3 is 2.57 bits per heavy atom. The Balaban J connectivity index is 1.38. The van der Waals surface area contributed by atoms with Crippen molar-refractivity contribution in [3.05, 3.63) is 53.6 Å². The first-order chi connectivity index (χ1) is 17.9. The summed E-state index contributed by atoms with van der Waals surface area (Å²) in [7, 11) is 1.61. The van der Waals surface area contributed by atoms with Gasteiger partial charge in [0.25, 0.3) is 0 Å². The van der Waals surface area contributed by atoms with Crippen molar-refractivity contribution in [1.29, 1.82) is 0 Å². The number of aliphatic hydroxyl groups excluding tert-OH is 1. The maximum Gasteiger partial charge on any atom is 0.243 e. The number of rotatable bonds is 10. The number of hydrogen-bond donors (Lipinski definition) is 2. The summed E-state index contributed by atoms with van der Waals surface area (Å²) in [5, 5.41) is 18.7. The number of nitrogens with zero attached hydrogens (tertiary/aromatic N) is 3. The number of benzene rings is 2. The molecule has 2 aliphatic rings.